The molecule has 118 valence electrons. The number of hydrogen-bond donors (Lipinski definition) is 3. The van der Waals surface area contributed by atoms with Crippen LogP contribution in [-0.4, -0.2) is 24.6 Å². The van der Waals surface area contributed by atoms with E-state index in [1.54, 1.807) is 6.92 Å². The Kier molecular flexibility index (Phi) is 6.27. The Morgan fingerprint density at radius 2 is 2.05 bits per heavy atom. The van der Waals surface area contributed by atoms with Crippen LogP contribution in [-0.2, 0) is 4.79 Å². The second-order valence-corrected chi connectivity index (χ2v) is 5.19. The highest BCUT2D eigenvalue weighted by Crippen LogP contribution is 2.29. The van der Waals surface area contributed by atoms with Gasteiger partial charge in [0, 0.05) is 18.7 Å². The number of hydrogen-bond acceptors (Lipinski definition) is 4. The highest BCUT2D eigenvalue weighted by atomic mass is 19.1. The number of anilines is 2. The lowest BCUT2D eigenvalue weighted by molar-refractivity contribution is -0.121. The quantitative estimate of drug-likeness (QED) is 0.676. The molecule has 0 aliphatic heterocycles. The van der Waals surface area contributed by atoms with Crippen molar-refractivity contribution in [1.82, 2.24) is 5.32 Å². The zero-order chi connectivity index (χ0) is 16.0. The van der Waals surface area contributed by atoms with E-state index in [9.17, 15) is 9.18 Å². The highest BCUT2D eigenvalue weighted by molar-refractivity contribution is 5.85. The third kappa shape index (κ3) is 5.13. The summed E-state index contributed by atoms with van der Waals surface area (Å²) in [5.41, 5.74) is 6.49. The SMILES string of the molecule is CCCNC(=O)C(C)Nc1cc(OC(C)C)c(F)cc1N. The van der Waals surface area contributed by atoms with Crippen molar-refractivity contribution < 1.29 is 13.9 Å². The summed E-state index contributed by atoms with van der Waals surface area (Å²) in [4.78, 5) is 11.8. The van der Waals surface area contributed by atoms with Gasteiger partial charge in [-0.1, -0.05) is 6.92 Å². The number of carbonyl (C=O) groups is 1. The fraction of sp³-hybridized carbons (Fsp3) is 0.533. The maximum Gasteiger partial charge on any atom is 0.242 e. The molecule has 1 atom stereocenters. The predicted octanol–water partition coefficient (Wildman–Crippen LogP) is 2.52. The Balaban J connectivity index is 2.84. The lowest BCUT2D eigenvalue weighted by Gasteiger charge is -2.18. The molecule has 0 saturated carbocycles. The number of benzene rings is 1. The zero-order valence-corrected chi connectivity index (χ0v) is 13.0. The smallest absolute Gasteiger partial charge is 0.242 e. The van der Waals surface area contributed by atoms with Crippen LogP contribution in [0.3, 0.4) is 0 Å². The minimum absolute atomic E-state index is 0.114. The molecular formula is C15H24FN3O2. The predicted molar refractivity (Wildman–Crippen MR) is 83.0 cm³/mol. The topological polar surface area (TPSA) is 76.4 Å². The van der Waals surface area contributed by atoms with Crippen LogP contribution >= 0.6 is 0 Å². The van der Waals surface area contributed by atoms with Gasteiger partial charge in [0.1, 0.15) is 6.04 Å². The third-order valence-electron chi connectivity index (χ3n) is 2.78. The van der Waals surface area contributed by atoms with Gasteiger partial charge in [-0.2, -0.15) is 0 Å². The third-order valence-corrected chi connectivity index (χ3v) is 2.78. The van der Waals surface area contributed by atoms with Gasteiger partial charge in [-0.3, -0.25) is 4.79 Å². The van der Waals surface area contributed by atoms with Crippen molar-refractivity contribution in [3.63, 3.8) is 0 Å². The van der Waals surface area contributed by atoms with Crippen LogP contribution in [0.25, 0.3) is 0 Å². The standard InChI is InChI=1S/C15H24FN3O2/c1-5-6-18-15(20)10(4)19-13-8-14(21-9(2)3)11(16)7-12(13)17/h7-10,19H,5-6,17H2,1-4H3,(H,18,20). The van der Waals surface area contributed by atoms with E-state index in [2.05, 4.69) is 10.6 Å². The van der Waals surface area contributed by atoms with Crippen molar-refractivity contribution in [3.05, 3.63) is 17.9 Å². The van der Waals surface area contributed by atoms with E-state index in [1.807, 2.05) is 20.8 Å². The normalized spacial score (nSPS) is 12.1. The second-order valence-electron chi connectivity index (χ2n) is 5.19. The zero-order valence-electron chi connectivity index (χ0n) is 13.0. The summed E-state index contributed by atoms with van der Waals surface area (Å²) in [5, 5.41) is 5.76. The van der Waals surface area contributed by atoms with Gasteiger partial charge in [-0.05, 0) is 27.2 Å². The maximum atomic E-state index is 13.7. The lowest BCUT2D eigenvalue weighted by Crippen LogP contribution is -2.38. The molecule has 0 heterocycles. The van der Waals surface area contributed by atoms with Crippen molar-refractivity contribution >= 4 is 17.3 Å². The first-order valence-corrected chi connectivity index (χ1v) is 7.15. The molecule has 0 radical (unpaired) electrons. The minimum atomic E-state index is -0.519. The molecule has 0 aliphatic carbocycles. The molecule has 21 heavy (non-hydrogen) atoms. The van der Waals surface area contributed by atoms with Crippen molar-refractivity contribution in [1.29, 1.82) is 0 Å². The summed E-state index contributed by atoms with van der Waals surface area (Å²) in [6, 6.07) is 2.20. The Morgan fingerprint density at radius 1 is 1.38 bits per heavy atom. The summed E-state index contributed by atoms with van der Waals surface area (Å²) in [6.07, 6.45) is 0.713. The van der Waals surface area contributed by atoms with Crippen molar-refractivity contribution in [2.24, 2.45) is 0 Å². The fourth-order valence-electron chi connectivity index (χ4n) is 1.74. The number of nitrogen functional groups attached to an aromatic ring is 1. The van der Waals surface area contributed by atoms with Gasteiger partial charge >= 0.3 is 0 Å². The summed E-state index contributed by atoms with van der Waals surface area (Å²) < 4.78 is 19.1. The summed E-state index contributed by atoms with van der Waals surface area (Å²) >= 11 is 0. The second kappa shape index (κ2) is 7.71. The Hall–Kier alpha value is -1.98. The molecule has 0 saturated heterocycles. The molecule has 1 unspecified atom stereocenters. The van der Waals surface area contributed by atoms with Crippen LogP contribution in [0.5, 0.6) is 5.75 Å². The fourth-order valence-corrected chi connectivity index (χ4v) is 1.74. The van der Waals surface area contributed by atoms with Crippen molar-refractivity contribution in [2.45, 2.75) is 46.3 Å². The summed E-state index contributed by atoms with van der Waals surface area (Å²) in [7, 11) is 0. The van der Waals surface area contributed by atoms with Crippen LogP contribution in [0.1, 0.15) is 34.1 Å². The van der Waals surface area contributed by atoms with E-state index >= 15 is 0 Å². The molecule has 1 rings (SSSR count). The van der Waals surface area contributed by atoms with Crippen LogP contribution in [0.2, 0.25) is 0 Å². The molecule has 0 aromatic heterocycles. The van der Waals surface area contributed by atoms with Crippen molar-refractivity contribution in [3.8, 4) is 5.75 Å². The van der Waals surface area contributed by atoms with Crippen LogP contribution in [0.15, 0.2) is 12.1 Å². The van der Waals surface area contributed by atoms with Gasteiger partial charge in [0.25, 0.3) is 0 Å². The van der Waals surface area contributed by atoms with Crippen LogP contribution < -0.4 is 21.1 Å². The molecule has 6 heteroatoms. The van der Waals surface area contributed by atoms with Gasteiger partial charge in [-0.15, -0.1) is 0 Å². The molecule has 0 spiro atoms. The molecule has 1 amide bonds. The van der Waals surface area contributed by atoms with Gasteiger partial charge in [-0.25, -0.2) is 4.39 Å². The summed E-state index contributed by atoms with van der Waals surface area (Å²) in [5.74, 6) is -0.537. The largest absolute Gasteiger partial charge is 0.488 e. The highest BCUT2D eigenvalue weighted by Gasteiger charge is 2.16. The van der Waals surface area contributed by atoms with E-state index in [0.717, 1.165) is 6.42 Å². The number of halogens is 1. The van der Waals surface area contributed by atoms with Crippen molar-refractivity contribution in [2.75, 3.05) is 17.6 Å². The van der Waals surface area contributed by atoms with E-state index < -0.39 is 11.9 Å². The van der Waals surface area contributed by atoms with Crippen LogP contribution in [0.4, 0.5) is 15.8 Å². The number of nitrogens with one attached hydrogen (secondary N) is 2. The molecule has 5 nitrogen and oxygen atoms in total. The number of amides is 1. The lowest BCUT2D eigenvalue weighted by atomic mass is 10.2. The van der Waals surface area contributed by atoms with Gasteiger partial charge in [0.2, 0.25) is 5.91 Å². The monoisotopic (exact) mass is 297 g/mol. The molecule has 0 fully saturated rings. The molecule has 0 aliphatic rings. The van der Waals surface area contributed by atoms with E-state index in [-0.39, 0.29) is 23.4 Å². The maximum absolute atomic E-state index is 13.7. The van der Waals surface area contributed by atoms with E-state index in [0.29, 0.717) is 12.2 Å². The first kappa shape index (κ1) is 17.1. The first-order valence-electron chi connectivity index (χ1n) is 7.15. The number of ether oxygens (including phenoxy) is 1. The van der Waals surface area contributed by atoms with Gasteiger partial charge in [0.15, 0.2) is 11.6 Å². The Morgan fingerprint density at radius 3 is 2.62 bits per heavy atom. The Labute approximate surface area is 125 Å². The molecule has 0 bridgehead atoms. The molecule has 4 N–H and O–H groups in total. The first-order chi connectivity index (χ1) is 9.85. The average Bonchev–Trinajstić information content (AvgIpc) is 2.40. The molecular weight excluding hydrogens is 273 g/mol. The number of carbonyl (C=O) groups excluding carboxylic acids is 1. The van der Waals surface area contributed by atoms with Gasteiger partial charge in [0.05, 0.1) is 17.5 Å². The van der Waals surface area contributed by atoms with Crippen LogP contribution in [0, 0.1) is 5.82 Å². The van der Waals surface area contributed by atoms with E-state index in [1.165, 1.54) is 12.1 Å². The number of rotatable bonds is 7. The average molecular weight is 297 g/mol. The molecule has 1 aromatic carbocycles. The number of nitrogens with two attached hydrogens (primary N) is 1. The minimum Gasteiger partial charge on any atom is -0.488 e. The Bertz CT molecular complexity index is 492. The van der Waals surface area contributed by atoms with E-state index in [4.69, 9.17) is 10.5 Å². The summed E-state index contributed by atoms with van der Waals surface area (Å²) in [6.45, 7) is 7.93. The molecule has 1 aromatic rings. The van der Waals surface area contributed by atoms with Gasteiger partial charge < -0.3 is 21.1 Å².